The molecule has 7 heteroatoms. The number of para-hydroxylation sites is 1. The topological polar surface area (TPSA) is 81.9 Å². The van der Waals surface area contributed by atoms with Crippen LogP contribution in [0.25, 0.3) is 16.9 Å². The molecule has 0 bridgehead atoms. The van der Waals surface area contributed by atoms with Crippen molar-refractivity contribution in [2.45, 2.75) is 20.4 Å². The molecule has 2 heterocycles. The van der Waals surface area contributed by atoms with E-state index in [0.717, 1.165) is 28.1 Å². The van der Waals surface area contributed by atoms with E-state index in [4.69, 9.17) is 4.74 Å². The largest absolute Gasteiger partial charge is 0.496 e. The molecule has 0 atom stereocenters. The van der Waals surface area contributed by atoms with Crippen molar-refractivity contribution in [2.24, 2.45) is 0 Å². The average Bonchev–Trinajstić information content (AvgIpc) is 3.25. The van der Waals surface area contributed by atoms with Crippen molar-refractivity contribution >= 4 is 5.91 Å². The minimum absolute atomic E-state index is 0.249. The second-order valence-corrected chi connectivity index (χ2v) is 7.20. The Labute approximate surface area is 180 Å². The molecular formula is C24H23N5O2. The Morgan fingerprint density at radius 3 is 2.55 bits per heavy atom. The summed E-state index contributed by atoms with van der Waals surface area (Å²) >= 11 is 0. The smallest absolute Gasteiger partial charge is 0.274 e. The molecule has 0 aliphatic heterocycles. The van der Waals surface area contributed by atoms with Crippen LogP contribution in [0.3, 0.4) is 0 Å². The molecule has 0 radical (unpaired) electrons. The summed E-state index contributed by atoms with van der Waals surface area (Å²) in [4.78, 5) is 17.2. The van der Waals surface area contributed by atoms with Gasteiger partial charge in [-0.25, -0.2) is 4.68 Å². The molecule has 2 aromatic carbocycles. The normalized spacial score (nSPS) is 10.7. The van der Waals surface area contributed by atoms with Gasteiger partial charge in [0.2, 0.25) is 0 Å². The SMILES string of the molecule is COc1ccccc1CNC(=O)c1nnn(-c2ccc(C)c(C)c2)c1-c1ccncc1. The molecule has 1 amide bonds. The monoisotopic (exact) mass is 413 g/mol. The van der Waals surface area contributed by atoms with Crippen LogP contribution in [-0.4, -0.2) is 33.0 Å². The number of aryl methyl sites for hydroxylation is 2. The molecular weight excluding hydrogens is 390 g/mol. The van der Waals surface area contributed by atoms with Gasteiger partial charge in [0.25, 0.3) is 5.91 Å². The number of carbonyl (C=O) groups is 1. The number of rotatable bonds is 6. The van der Waals surface area contributed by atoms with Gasteiger partial charge in [-0.15, -0.1) is 5.10 Å². The Balaban J connectivity index is 1.71. The summed E-state index contributed by atoms with van der Waals surface area (Å²) in [6, 6.07) is 17.3. The highest BCUT2D eigenvalue weighted by Crippen LogP contribution is 2.26. The summed E-state index contributed by atoms with van der Waals surface area (Å²) in [5.74, 6) is 0.406. The maximum Gasteiger partial charge on any atom is 0.274 e. The van der Waals surface area contributed by atoms with Crippen molar-refractivity contribution in [1.82, 2.24) is 25.3 Å². The van der Waals surface area contributed by atoms with Crippen molar-refractivity contribution in [1.29, 1.82) is 0 Å². The highest BCUT2D eigenvalue weighted by molar-refractivity contribution is 5.98. The number of amides is 1. The summed E-state index contributed by atoms with van der Waals surface area (Å²) in [5, 5.41) is 11.5. The summed E-state index contributed by atoms with van der Waals surface area (Å²) in [7, 11) is 1.61. The van der Waals surface area contributed by atoms with Gasteiger partial charge in [0.15, 0.2) is 5.69 Å². The maximum absolute atomic E-state index is 13.1. The average molecular weight is 413 g/mol. The molecule has 0 fully saturated rings. The summed E-state index contributed by atoms with van der Waals surface area (Å²) in [5.41, 5.74) is 5.71. The number of nitrogens with one attached hydrogen (secondary N) is 1. The van der Waals surface area contributed by atoms with Gasteiger partial charge in [0.1, 0.15) is 11.4 Å². The molecule has 0 saturated carbocycles. The molecule has 0 spiro atoms. The molecule has 1 N–H and O–H groups in total. The fraction of sp³-hybridized carbons (Fsp3) is 0.167. The lowest BCUT2D eigenvalue weighted by atomic mass is 10.1. The molecule has 0 saturated heterocycles. The molecule has 0 unspecified atom stereocenters. The van der Waals surface area contributed by atoms with Gasteiger partial charge in [-0.3, -0.25) is 9.78 Å². The number of aromatic nitrogens is 4. The van der Waals surface area contributed by atoms with Crippen LogP contribution in [0.1, 0.15) is 27.2 Å². The van der Waals surface area contributed by atoms with Crippen LogP contribution in [0.4, 0.5) is 0 Å². The van der Waals surface area contributed by atoms with Gasteiger partial charge < -0.3 is 10.1 Å². The van der Waals surface area contributed by atoms with Crippen LogP contribution in [0.2, 0.25) is 0 Å². The standard InChI is InChI=1S/C24H23N5O2/c1-16-8-9-20(14-17(16)2)29-23(18-10-12-25-13-11-18)22(27-28-29)24(30)26-15-19-6-4-5-7-21(19)31-3/h4-14H,15H2,1-3H3,(H,26,30). The zero-order valence-electron chi connectivity index (χ0n) is 17.7. The zero-order valence-corrected chi connectivity index (χ0v) is 17.7. The molecule has 7 nitrogen and oxygen atoms in total. The predicted octanol–water partition coefficient (Wildman–Crippen LogP) is 3.88. The Morgan fingerprint density at radius 1 is 1.03 bits per heavy atom. The molecule has 0 aliphatic carbocycles. The second-order valence-electron chi connectivity index (χ2n) is 7.20. The third-order valence-corrected chi connectivity index (χ3v) is 5.21. The van der Waals surface area contributed by atoms with Crippen LogP contribution < -0.4 is 10.1 Å². The predicted molar refractivity (Wildman–Crippen MR) is 118 cm³/mol. The van der Waals surface area contributed by atoms with E-state index in [1.165, 1.54) is 5.56 Å². The van der Waals surface area contributed by atoms with E-state index in [1.807, 2.05) is 61.5 Å². The first kappa shape index (κ1) is 20.3. The molecule has 4 rings (SSSR count). The number of benzene rings is 2. The lowest BCUT2D eigenvalue weighted by molar-refractivity contribution is 0.0946. The quantitative estimate of drug-likeness (QED) is 0.519. The van der Waals surface area contributed by atoms with Gasteiger partial charge in [-0.05, 0) is 55.3 Å². The third kappa shape index (κ3) is 4.16. The second kappa shape index (κ2) is 8.79. The lowest BCUT2D eigenvalue weighted by Crippen LogP contribution is -2.24. The maximum atomic E-state index is 13.1. The summed E-state index contributed by atoms with van der Waals surface area (Å²) in [6.07, 6.45) is 3.37. The lowest BCUT2D eigenvalue weighted by Gasteiger charge is -2.11. The number of hydrogen-bond donors (Lipinski definition) is 1. The van der Waals surface area contributed by atoms with Crippen molar-refractivity contribution in [3.8, 4) is 22.7 Å². The summed E-state index contributed by atoms with van der Waals surface area (Å²) < 4.78 is 7.06. The highest BCUT2D eigenvalue weighted by Gasteiger charge is 2.22. The van der Waals surface area contributed by atoms with Crippen LogP contribution in [0.5, 0.6) is 5.75 Å². The van der Waals surface area contributed by atoms with Crippen molar-refractivity contribution < 1.29 is 9.53 Å². The van der Waals surface area contributed by atoms with Gasteiger partial charge in [0.05, 0.1) is 12.8 Å². The third-order valence-electron chi connectivity index (χ3n) is 5.21. The van der Waals surface area contributed by atoms with E-state index in [2.05, 4.69) is 27.5 Å². The Kier molecular flexibility index (Phi) is 5.75. The fourth-order valence-corrected chi connectivity index (χ4v) is 3.35. The molecule has 156 valence electrons. The molecule has 31 heavy (non-hydrogen) atoms. The van der Waals surface area contributed by atoms with Crippen LogP contribution in [-0.2, 0) is 6.54 Å². The fourth-order valence-electron chi connectivity index (χ4n) is 3.35. The number of nitrogens with zero attached hydrogens (tertiary/aromatic N) is 4. The van der Waals surface area contributed by atoms with E-state index in [-0.39, 0.29) is 11.6 Å². The van der Waals surface area contributed by atoms with E-state index in [0.29, 0.717) is 12.2 Å². The van der Waals surface area contributed by atoms with Gasteiger partial charge in [-0.2, -0.15) is 0 Å². The van der Waals surface area contributed by atoms with Gasteiger partial charge in [-0.1, -0.05) is 29.5 Å². The minimum atomic E-state index is -0.312. The van der Waals surface area contributed by atoms with E-state index < -0.39 is 0 Å². The number of ether oxygens (including phenoxy) is 1. The van der Waals surface area contributed by atoms with Crippen molar-refractivity contribution in [3.05, 3.63) is 89.4 Å². The van der Waals surface area contributed by atoms with E-state index in [1.54, 1.807) is 24.2 Å². The zero-order chi connectivity index (χ0) is 21.8. The number of pyridine rings is 1. The molecule has 4 aromatic rings. The van der Waals surface area contributed by atoms with Crippen molar-refractivity contribution in [3.63, 3.8) is 0 Å². The highest BCUT2D eigenvalue weighted by atomic mass is 16.5. The first-order chi connectivity index (χ1) is 15.1. The van der Waals surface area contributed by atoms with Crippen LogP contribution >= 0.6 is 0 Å². The summed E-state index contributed by atoms with van der Waals surface area (Å²) in [6.45, 7) is 4.42. The minimum Gasteiger partial charge on any atom is -0.496 e. The Hall–Kier alpha value is -4.00. The van der Waals surface area contributed by atoms with E-state index >= 15 is 0 Å². The van der Waals surface area contributed by atoms with Gasteiger partial charge >= 0.3 is 0 Å². The molecule has 0 aliphatic rings. The Bertz CT molecular complexity index is 1220. The Morgan fingerprint density at radius 2 is 1.81 bits per heavy atom. The van der Waals surface area contributed by atoms with Crippen LogP contribution in [0.15, 0.2) is 67.0 Å². The van der Waals surface area contributed by atoms with Gasteiger partial charge in [0, 0.05) is 30.1 Å². The number of methoxy groups -OCH3 is 1. The molecule has 2 aromatic heterocycles. The first-order valence-corrected chi connectivity index (χ1v) is 9.92. The first-order valence-electron chi connectivity index (χ1n) is 9.92. The number of hydrogen-bond acceptors (Lipinski definition) is 5. The van der Waals surface area contributed by atoms with Crippen molar-refractivity contribution in [2.75, 3.05) is 7.11 Å². The van der Waals surface area contributed by atoms with E-state index in [9.17, 15) is 4.79 Å². The number of carbonyl (C=O) groups excluding carboxylic acids is 1. The van der Waals surface area contributed by atoms with Crippen LogP contribution in [0, 0.1) is 13.8 Å².